The molecule has 0 saturated heterocycles. The van der Waals surface area contributed by atoms with Crippen molar-refractivity contribution < 1.29 is 0 Å². The summed E-state index contributed by atoms with van der Waals surface area (Å²) in [7, 11) is 0. The highest BCUT2D eigenvalue weighted by molar-refractivity contribution is 4.96. The van der Waals surface area contributed by atoms with E-state index in [4.69, 9.17) is 0 Å². The molecule has 1 nitrogen and oxygen atoms in total. The van der Waals surface area contributed by atoms with Crippen LogP contribution in [0.25, 0.3) is 0 Å². The Kier molecular flexibility index (Phi) is 45.5. The van der Waals surface area contributed by atoms with Crippen molar-refractivity contribution in [1.82, 2.24) is 4.90 Å². The first kappa shape index (κ1) is 51.3. The number of unbranched alkanes of at least 4 members (excludes halogenated alkanes) is 23. The van der Waals surface area contributed by atoms with Crippen molar-refractivity contribution in [3.63, 3.8) is 0 Å². The molecule has 0 amide bonds. The second kappa shape index (κ2) is 44.3. The molecule has 0 rings (SSSR count). The fourth-order valence-corrected chi connectivity index (χ4v) is 7.70. The van der Waals surface area contributed by atoms with Gasteiger partial charge in [-0.2, -0.15) is 0 Å². The maximum Gasteiger partial charge on any atom is -0.00187 e. The van der Waals surface area contributed by atoms with Crippen molar-refractivity contribution >= 4 is 0 Å². The van der Waals surface area contributed by atoms with E-state index in [1.165, 1.54) is 250 Å². The molecular weight excluding hydrogens is 603 g/mol. The van der Waals surface area contributed by atoms with Crippen LogP contribution < -0.4 is 0 Å². The van der Waals surface area contributed by atoms with Crippen LogP contribution in [-0.4, -0.2) is 24.5 Å². The van der Waals surface area contributed by atoms with Gasteiger partial charge in [0.2, 0.25) is 0 Å². The van der Waals surface area contributed by atoms with Gasteiger partial charge in [0.25, 0.3) is 0 Å². The molecule has 0 unspecified atom stereocenters. The highest BCUT2D eigenvalue weighted by Gasteiger charge is 2.11. The van der Waals surface area contributed by atoms with Crippen LogP contribution >= 0.6 is 0 Å². The van der Waals surface area contributed by atoms with Gasteiger partial charge in [0, 0.05) is 0 Å². The molecule has 0 atom stereocenters. The maximum atomic E-state index is 4.59. The number of rotatable bonds is 41. The lowest BCUT2D eigenvalue weighted by Crippen LogP contribution is -2.27. The molecular formula is C49H97N. The predicted molar refractivity (Wildman–Crippen MR) is 234 cm³/mol. The van der Waals surface area contributed by atoms with Crippen LogP contribution in [0.3, 0.4) is 0 Å². The molecule has 0 radical (unpaired) electrons. The van der Waals surface area contributed by atoms with Gasteiger partial charge in [0.05, 0.1) is 0 Å². The monoisotopic (exact) mass is 700 g/mol. The Balaban J connectivity index is 0. The quantitative estimate of drug-likeness (QED) is 0.0453. The predicted octanol–water partition coefficient (Wildman–Crippen LogP) is 17.6. The van der Waals surface area contributed by atoms with Crippen LogP contribution in [0.4, 0.5) is 0 Å². The van der Waals surface area contributed by atoms with Crippen LogP contribution in [0.5, 0.6) is 0 Å². The van der Waals surface area contributed by atoms with Crippen molar-refractivity contribution in [3.8, 4) is 0 Å². The SMILES string of the molecule is C=C.C=C(CCCCCCCCCC)CCCCCCCN(CCC)CCCCCC(=C)CC(CCCCCCCC)CCCCCCCC. The topological polar surface area (TPSA) is 3.24 Å². The Bertz CT molecular complexity index is 648. The fourth-order valence-electron chi connectivity index (χ4n) is 7.70. The van der Waals surface area contributed by atoms with Crippen LogP contribution in [0.1, 0.15) is 252 Å². The van der Waals surface area contributed by atoms with E-state index in [-0.39, 0.29) is 0 Å². The first-order chi connectivity index (χ1) is 24.6. The summed E-state index contributed by atoms with van der Waals surface area (Å²) in [5.41, 5.74) is 3.07. The summed E-state index contributed by atoms with van der Waals surface area (Å²) >= 11 is 0. The second-order valence-corrected chi connectivity index (χ2v) is 16.1. The second-order valence-electron chi connectivity index (χ2n) is 16.1. The number of allylic oxidation sites excluding steroid dienone is 2. The van der Waals surface area contributed by atoms with Crippen molar-refractivity contribution in [2.45, 2.75) is 252 Å². The van der Waals surface area contributed by atoms with E-state index in [1.807, 2.05) is 0 Å². The van der Waals surface area contributed by atoms with E-state index in [1.54, 1.807) is 5.57 Å². The van der Waals surface area contributed by atoms with E-state index in [0.717, 1.165) is 5.92 Å². The fraction of sp³-hybridized carbons (Fsp3) is 0.878. The van der Waals surface area contributed by atoms with Crippen LogP contribution in [0.15, 0.2) is 37.5 Å². The zero-order valence-corrected chi connectivity index (χ0v) is 35.7. The van der Waals surface area contributed by atoms with Crippen molar-refractivity contribution in [1.29, 1.82) is 0 Å². The van der Waals surface area contributed by atoms with Gasteiger partial charge in [-0.3, -0.25) is 0 Å². The first-order valence-electron chi connectivity index (χ1n) is 23.1. The van der Waals surface area contributed by atoms with E-state index >= 15 is 0 Å². The van der Waals surface area contributed by atoms with Gasteiger partial charge in [0.15, 0.2) is 0 Å². The van der Waals surface area contributed by atoms with Crippen molar-refractivity contribution in [2.24, 2.45) is 5.92 Å². The lowest BCUT2D eigenvalue weighted by Gasteiger charge is -2.22. The molecule has 298 valence electrons. The van der Waals surface area contributed by atoms with Crippen molar-refractivity contribution in [3.05, 3.63) is 37.5 Å². The third-order valence-electron chi connectivity index (χ3n) is 10.9. The standard InChI is InChI=1S/C47H93N.C2H4/c1-7-11-14-17-20-21-23-29-36-45(5)37-30-24-22-27-34-42-48(41-10-4)43-35-28-31-38-46(6)44-47(39-32-25-18-15-12-8-2)40-33-26-19-16-13-9-3;1-2/h47H,5-44H2,1-4H3;1-2H2. The molecule has 0 aromatic carbocycles. The van der Waals surface area contributed by atoms with Crippen molar-refractivity contribution in [2.75, 3.05) is 19.6 Å². The first-order valence-corrected chi connectivity index (χ1v) is 23.1. The molecule has 0 aliphatic rings. The van der Waals surface area contributed by atoms with E-state index < -0.39 is 0 Å². The average molecular weight is 700 g/mol. The molecule has 1 heteroatoms. The van der Waals surface area contributed by atoms with Gasteiger partial charge >= 0.3 is 0 Å². The van der Waals surface area contributed by atoms with Crippen LogP contribution in [0, 0.1) is 5.92 Å². The lowest BCUT2D eigenvalue weighted by molar-refractivity contribution is 0.261. The Morgan fingerprint density at radius 1 is 0.360 bits per heavy atom. The Labute approximate surface area is 319 Å². The Morgan fingerprint density at radius 2 is 0.680 bits per heavy atom. The molecule has 0 aliphatic heterocycles. The summed E-state index contributed by atoms with van der Waals surface area (Å²) in [4.78, 5) is 2.76. The minimum Gasteiger partial charge on any atom is -0.303 e. The molecule has 0 N–H and O–H groups in total. The molecule has 0 bridgehead atoms. The van der Waals surface area contributed by atoms with Gasteiger partial charge in [-0.05, 0) is 89.8 Å². The van der Waals surface area contributed by atoms with Crippen LogP contribution in [-0.2, 0) is 0 Å². The zero-order chi connectivity index (χ0) is 37.2. The van der Waals surface area contributed by atoms with E-state index in [2.05, 4.69) is 58.9 Å². The third-order valence-corrected chi connectivity index (χ3v) is 10.9. The maximum absolute atomic E-state index is 4.59. The zero-order valence-electron chi connectivity index (χ0n) is 35.7. The summed E-state index contributed by atoms with van der Waals surface area (Å²) in [5.74, 6) is 0.897. The number of hydrogen-bond acceptors (Lipinski definition) is 1. The summed E-state index contributed by atoms with van der Waals surface area (Å²) in [5, 5.41) is 0. The van der Waals surface area contributed by atoms with Gasteiger partial charge < -0.3 is 4.90 Å². The largest absolute Gasteiger partial charge is 0.303 e. The van der Waals surface area contributed by atoms with Gasteiger partial charge in [-0.15, -0.1) is 13.2 Å². The van der Waals surface area contributed by atoms with Gasteiger partial charge in [-0.25, -0.2) is 0 Å². The minimum absolute atomic E-state index is 0.897. The smallest absolute Gasteiger partial charge is 0.00187 e. The summed E-state index contributed by atoms with van der Waals surface area (Å²) < 4.78 is 0. The molecule has 0 aliphatic carbocycles. The highest BCUT2D eigenvalue weighted by atomic mass is 15.1. The minimum atomic E-state index is 0.897. The molecule has 0 aromatic heterocycles. The molecule has 0 saturated carbocycles. The Morgan fingerprint density at radius 3 is 1.08 bits per heavy atom. The highest BCUT2D eigenvalue weighted by Crippen LogP contribution is 2.27. The summed E-state index contributed by atoms with van der Waals surface area (Å²) in [6.07, 6.45) is 48.8. The molecule has 0 aromatic rings. The van der Waals surface area contributed by atoms with E-state index in [0.29, 0.717) is 0 Å². The molecule has 0 fully saturated rings. The van der Waals surface area contributed by atoms with E-state index in [9.17, 15) is 0 Å². The number of nitrogens with zero attached hydrogens (tertiary/aromatic N) is 1. The summed E-state index contributed by atoms with van der Waals surface area (Å²) in [6.45, 7) is 28.2. The normalized spacial score (nSPS) is 11.3. The third kappa shape index (κ3) is 40.0. The lowest BCUT2D eigenvalue weighted by atomic mass is 9.87. The Hall–Kier alpha value is -0.820. The molecule has 50 heavy (non-hydrogen) atoms. The van der Waals surface area contributed by atoms with Gasteiger partial charge in [0.1, 0.15) is 0 Å². The average Bonchev–Trinajstić information content (AvgIpc) is 3.12. The van der Waals surface area contributed by atoms with Gasteiger partial charge in [-0.1, -0.05) is 213 Å². The van der Waals surface area contributed by atoms with Crippen LogP contribution in [0.2, 0.25) is 0 Å². The molecule has 0 heterocycles. The summed E-state index contributed by atoms with van der Waals surface area (Å²) in [6, 6.07) is 0. The molecule has 0 spiro atoms. The number of hydrogen-bond donors (Lipinski definition) is 0.